The Morgan fingerprint density at radius 1 is 1.28 bits per heavy atom. The van der Waals surface area contributed by atoms with E-state index in [0.717, 1.165) is 47.9 Å². The van der Waals surface area contributed by atoms with Gasteiger partial charge in [-0.25, -0.2) is 4.98 Å². The Hall–Kier alpha value is -2.70. The Kier molecular flexibility index (Phi) is 6.46. The molecule has 12 heteroatoms. The zero-order valence-corrected chi connectivity index (χ0v) is 20.9. The SMILES string of the molecule is Cc1ncc(C2(O)CCC(N3CC(NC(=O)CNc4nn(C)c5ccc(C(F)(F)F)cc45)C3)CC2)s1. The molecule has 3 heterocycles. The van der Waals surface area contributed by atoms with Gasteiger partial charge in [0.15, 0.2) is 5.82 Å². The standard InChI is InChI=1S/C24H29F3N6O2S/c1-14-28-10-20(36-14)23(35)7-5-17(6-8-23)33-12-16(13-33)30-21(34)11-29-22-18-9-15(24(25,26)27)3-4-19(18)32(2)31-22/h3-4,9-10,16-17,35H,5-8,11-13H2,1-2H3,(H,29,31)(H,30,34). The van der Waals surface area contributed by atoms with E-state index in [1.54, 1.807) is 24.6 Å². The van der Waals surface area contributed by atoms with Gasteiger partial charge in [-0.3, -0.25) is 14.4 Å². The number of hydrogen-bond donors (Lipinski definition) is 3. The lowest BCUT2D eigenvalue weighted by Crippen LogP contribution is -2.63. The zero-order valence-electron chi connectivity index (χ0n) is 20.1. The molecule has 0 unspecified atom stereocenters. The molecule has 1 aliphatic heterocycles. The molecule has 1 aromatic carbocycles. The third-order valence-electron chi connectivity index (χ3n) is 7.25. The molecule has 0 atom stereocenters. The summed E-state index contributed by atoms with van der Waals surface area (Å²) in [4.78, 5) is 20.0. The van der Waals surface area contributed by atoms with Crippen molar-refractivity contribution in [2.75, 3.05) is 25.0 Å². The van der Waals surface area contributed by atoms with Gasteiger partial charge < -0.3 is 15.7 Å². The number of halogens is 3. The number of thiazole rings is 1. The fraction of sp³-hybridized carbons (Fsp3) is 0.542. The van der Waals surface area contributed by atoms with Crippen LogP contribution in [0.2, 0.25) is 0 Å². The van der Waals surface area contributed by atoms with Crippen LogP contribution in [0.1, 0.15) is 41.1 Å². The van der Waals surface area contributed by atoms with Gasteiger partial charge in [0.25, 0.3) is 0 Å². The van der Waals surface area contributed by atoms with Crippen molar-refractivity contribution in [1.82, 2.24) is 25.0 Å². The molecule has 0 radical (unpaired) electrons. The number of alkyl halides is 3. The van der Waals surface area contributed by atoms with Crippen LogP contribution in [-0.2, 0) is 23.6 Å². The average Bonchev–Trinajstić information content (AvgIpc) is 3.38. The minimum absolute atomic E-state index is 0.0292. The molecule has 5 rings (SSSR count). The quantitative estimate of drug-likeness (QED) is 0.460. The van der Waals surface area contributed by atoms with Crippen LogP contribution in [0.4, 0.5) is 19.0 Å². The van der Waals surface area contributed by atoms with Crippen molar-refractivity contribution in [1.29, 1.82) is 0 Å². The molecule has 3 aromatic rings. The summed E-state index contributed by atoms with van der Waals surface area (Å²) in [6, 6.07) is 3.86. The second-order valence-corrected chi connectivity index (χ2v) is 11.0. The van der Waals surface area contributed by atoms with Crippen LogP contribution in [0, 0.1) is 6.92 Å². The molecule has 3 N–H and O–H groups in total. The molecule has 1 amide bonds. The van der Waals surface area contributed by atoms with E-state index in [0.29, 0.717) is 29.8 Å². The molecule has 2 aliphatic rings. The number of likely N-dealkylation sites (tertiary alicyclic amines) is 1. The smallest absolute Gasteiger partial charge is 0.384 e. The highest BCUT2D eigenvalue weighted by Gasteiger charge is 2.41. The van der Waals surface area contributed by atoms with Crippen molar-refractivity contribution in [3.8, 4) is 0 Å². The first-order valence-electron chi connectivity index (χ1n) is 12.0. The third-order valence-corrected chi connectivity index (χ3v) is 8.35. The number of rotatable bonds is 6. The number of carbonyl (C=O) groups excluding carboxylic acids is 1. The summed E-state index contributed by atoms with van der Waals surface area (Å²) in [7, 11) is 1.65. The summed E-state index contributed by atoms with van der Waals surface area (Å²) in [5, 5.41) is 22.4. The lowest BCUT2D eigenvalue weighted by Gasteiger charge is -2.48. The first-order valence-corrected chi connectivity index (χ1v) is 12.8. The van der Waals surface area contributed by atoms with Crippen molar-refractivity contribution in [3.63, 3.8) is 0 Å². The van der Waals surface area contributed by atoms with Gasteiger partial charge in [-0.2, -0.15) is 18.3 Å². The summed E-state index contributed by atoms with van der Waals surface area (Å²) in [6.45, 7) is 3.35. The fourth-order valence-electron chi connectivity index (χ4n) is 5.19. The lowest BCUT2D eigenvalue weighted by molar-refractivity contribution is -0.137. The van der Waals surface area contributed by atoms with Crippen LogP contribution in [0.5, 0.6) is 0 Å². The van der Waals surface area contributed by atoms with E-state index in [-0.39, 0.29) is 24.3 Å². The predicted molar refractivity (Wildman–Crippen MR) is 131 cm³/mol. The largest absolute Gasteiger partial charge is 0.416 e. The number of fused-ring (bicyclic) bond motifs is 1. The van der Waals surface area contributed by atoms with Crippen molar-refractivity contribution < 1.29 is 23.1 Å². The van der Waals surface area contributed by atoms with Crippen molar-refractivity contribution >= 4 is 34.0 Å². The number of nitrogens with zero attached hydrogens (tertiary/aromatic N) is 4. The maximum absolute atomic E-state index is 13.1. The minimum atomic E-state index is -4.45. The van der Waals surface area contributed by atoms with Gasteiger partial charge >= 0.3 is 6.18 Å². The first kappa shape index (κ1) is 25.0. The molecule has 1 saturated carbocycles. The monoisotopic (exact) mass is 522 g/mol. The zero-order chi connectivity index (χ0) is 25.7. The second-order valence-electron chi connectivity index (χ2n) is 9.78. The van der Waals surface area contributed by atoms with Crippen LogP contribution >= 0.6 is 11.3 Å². The number of hydrogen-bond acceptors (Lipinski definition) is 7. The summed E-state index contributed by atoms with van der Waals surface area (Å²) in [6.07, 6.45) is 0.513. The van der Waals surface area contributed by atoms with Crippen molar-refractivity contribution in [2.24, 2.45) is 7.05 Å². The van der Waals surface area contributed by atoms with Crippen molar-refractivity contribution in [2.45, 2.75) is 56.5 Å². The normalized spacial score (nSPS) is 23.6. The van der Waals surface area contributed by atoms with Gasteiger partial charge in [0.05, 0.1) is 33.6 Å². The molecule has 0 spiro atoms. The second kappa shape index (κ2) is 9.31. The van der Waals surface area contributed by atoms with E-state index in [9.17, 15) is 23.1 Å². The summed E-state index contributed by atoms with van der Waals surface area (Å²) >= 11 is 1.55. The highest BCUT2D eigenvalue weighted by Crippen LogP contribution is 2.41. The van der Waals surface area contributed by atoms with Crippen molar-refractivity contribution in [3.05, 3.63) is 39.8 Å². The van der Waals surface area contributed by atoms with Gasteiger partial charge in [-0.15, -0.1) is 11.3 Å². The molecular weight excluding hydrogens is 493 g/mol. The van der Waals surface area contributed by atoms with E-state index >= 15 is 0 Å². The molecule has 1 aliphatic carbocycles. The molecule has 2 fully saturated rings. The molecule has 2 aromatic heterocycles. The maximum atomic E-state index is 13.1. The average molecular weight is 523 g/mol. The van der Waals surface area contributed by atoms with E-state index in [4.69, 9.17) is 0 Å². The van der Waals surface area contributed by atoms with E-state index in [1.807, 2.05) is 6.92 Å². The number of benzene rings is 1. The van der Waals surface area contributed by atoms with E-state index in [1.165, 1.54) is 10.7 Å². The van der Waals surface area contributed by atoms with Crippen LogP contribution < -0.4 is 10.6 Å². The predicted octanol–water partition coefficient (Wildman–Crippen LogP) is 3.40. The molecule has 0 bridgehead atoms. The molecule has 1 saturated heterocycles. The Morgan fingerprint density at radius 2 is 2.00 bits per heavy atom. The maximum Gasteiger partial charge on any atom is 0.416 e. The van der Waals surface area contributed by atoms with Crippen LogP contribution in [0.15, 0.2) is 24.4 Å². The number of amides is 1. The summed E-state index contributed by atoms with van der Waals surface area (Å²) in [5.74, 6) is 0.0128. The van der Waals surface area contributed by atoms with Gasteiger partial charge in [0, 0.05) is 37.8 Å². The Balaban J connectivity index is 1.09. The lowest BCUT2D eigenvalue weighted by atomic mass is 9.80. The minimum Gasteiger partial charge on any atom is -0.384 e. The topological polar surface area (TPSA) is 95.3 Å². The summed E-state index contributed by atoms with van der Waals surface area (Å²) in [5.41, 5.74) is -0.998. The molecule has 8 nitrogen and oxygen atoms in total. The Labute approximate surface area is 210 Å². The molecular formula is C24H29F3N6O2S. The molecule has 194 valence electrons. The van der Waals surface area contributed by atoms with Gasteiger partial charge in [0.2, 0.25) is 5.91 Å². The Morgan fingerprint density at radius 3 is 2.64 bits per heavy atom. The van der Waals surface area contributed by atoms with Gasteiger partial charge in [-0.05, 0) is 50.8 Å². The highest BCUT2D eigenvalue weighted by atomic mass is 32.1. The van der Waals surface area contributed by atoms with E-state index in [2.05, 4.69) is 25.6 Å². The number of aryl methyl sites for hydroxylation is 2. The third kappa shape index (κ3) is 4.94. The van der Waals surface area contributed by atoms with Gasteiger partial charge in [-0.1, -0.05) is 0 Å². The van der Waals surface area contributed by atoms with Crippen LogP contribution in [0.25, 0.3) is 10.9 Å². The number of nitrogens with one attached hydrogen (secondary N) is 2. The van der Waals surface area contributed by atoms with Crippen LogP contribution in [-0.4, -0.2) is 62.4 Å². The number of aliphatic hydroxyl groups is 1. The summed E-state index contributed by atoms with van der Waals surface area (Å²) < 4.78 is 40.8. The number of carbonyl (C=O) groups is 1. The highest BCUT2D eigenvalue weighted by molar-refractivity contribution is 7.11. The fourth-order valence-corrected chi connectivity index (χ4v) is 6.11. The number of aromatic nitrogens is 3. The first-order chi connectivity index (χ1) is 17.0. The van der Waals surface area contributed by atoms with Crippen LogP contribution in [0.3, 0.4) is 0 Å². The van der Waals surface area contributed by atoms with E-state index < -0.39 is 17.3 Å². The number of anilines is 1. The van der Waals surface area contributed by atoms with Gasteiger partial charge in [0.1, 0.15) is 5.60 Å². The molecule has 36 heavy (non-hydrogen) atoms. The Bertz CT molecular complexity index is 1260.